The highest BCUT2D eigenvalue weighted by Crippen LogP contribution is 2.38. The number of benzene rings is 1. The number of hydrogen-bond donors (Lipinski definition) is 1. The van der Waals surface area contributed by atoms with Crippen LogP contribution < -0.4 is 10.1 Å². The van der Waals surface area contributed by atoms with Crippen LogP contribution in [0.15, 0.2) is 54.2 Å². The van der Waals surface area contributed by atoms with Crippen molar-refractivity contribution in [1.82, 2.24) is 35.3 Å². The number of allylic oxidation sites excluding steroid dienone is 1. The van der Waals surface area contributed by atoms with Crippen molar-refractivity contribution in [2.24, 2.45) is 5.41 Å². The Morgan fingerprint density at radius 2 is 2.00 bits per heavy atom. The first-order valence-electron chi connectivity index (χ1n) is 11.5. The molecule has 1 saturated heterocycles. The predicted molar refractivity (Wildman–Crippen MR) is 131 cm³/mol. The van der Waals surface area contributed by atoms with Gasteiger partial charge in [0.1, 0.15) is 23.6 Å². The molecule has 5 rings (SSSR count). The molecule has 186 valence electrons. The number of likely N-dealkylation sites (N-methyl/N-ethyl adjacent to an activating group) is 1. The van der Waals surface area contributed by atoms with E-state index in [9.17, 15) is 14.4 Å². The number of carbonyl (C=O) groups is 3. The molecule has 3 aromatic rings. The van der Waals surface area contributed by atoms with Gasteiger partial charge in [-0.05, 0) is 40.4 Å². The van der Waals surface area contributed by atoms with Crippen LogP contribution in [0, 0.1) is 5.41 Å². The number of rotatable bonds is 2. The van der Waals surface area contributed by atoms with Gasteiger partial charge in [0.15, 0.2) is 0 Å². The molecule has 0 atom stereocenters. The zero-order chi connectivity index (χ0) is 25.1. The number of para-hydroxylation sites is 1. The Hall–Kier alpha value is -4.06. The zero-order valence-electron chi connectivity index (χ0n) is 19.7. The van der Waals surface area contributed by atoms with E-state index >= 15 is 0 Å². The number of hydrogen-bond acceptors (Lipinski definition) is 8. The number of carbonyl (C=O) groups excluding carboxylic acids is 3. The van der Waals surface area contributed by atoms with Crippen molar-refractivity contribution in [3.8, 4) is 11.4 Å². The molecule has 0 radical (unpaired) electrons. The number of nitrogens with zero attached hydrogens (tertiary/aromatic N) is 6. The minimum Gasteiger partial charge on any atom is -0.489 e. The molecular formula is C24H25N7O4S. The number of tetrazole rings is 1. The fourth-order valence-electron chi connectivity index (χ4n) is 4.47. The molecule has 2 aliphatic rings. The first-order chi connectivity index (χ1) is 17.5. The maximum Gasteiger partial charge on any atom is 0.266 e. The molecule has 1 aromatic carbocycles. The average molecular weight is 508 g/mol. The van der Waals surface area contributed by atoms with Crippen molar-refractivity contribution in [3.63, 3.8) is 0 Å². The lowest BCUT2D eigenvalue weighted by Crippen LogP contribution is -2.64. The van der Waals surface area contributed by atoms with Crippen molar-refractivity contribution in [2.45, 2.75) is 6.42 Å². The van der Waals surface area contributed by atoms with E-state index in [1.54, 1.807) is 41.1 Å². The van der Waals surface area contributed by atoms with Crippen molar-refractivity contribution in [1.29, 1.82) is 0 Å². The molecule has 2 aliphatic heterocycles. The number of ether oxygens (including phenoxy) is 1. The number of thiophene rings is 1. The van der Waals surface area contributed by atoms with Crippen LogP contribution in [0.1, 0.15) is 26.5 Å². The SMILES string of the molecule is CN1CCNC(=O)c2ccccc2OC/C=C/CC2(CN(C(=O)c3sccc3-n3cnnn3)C2)C1=O. The van der Waals surface area contributed by atoms with Gasteiger partial charge in [0.25, 0.3) is 11.8 Å². The summed E-state index contributed by atoms with van der Waals surface area (Å²) in [6.45, 7) is 1.50. The third kappa shape index (κ3) is 4.47. The molecule has 4 heterocycles. The summed E-state index contributed by atoms with van der Waals surface area (Å²) in [4.78, 5) is 43.2. The van der Waals surface area contributed by atoms with Gasteiger partial charge in [-0.25, -0.2) is 0 Å². The topological polar surface area (TPSA) is 123 Å². The van der Waals surface area contributed by atoms with Gasteiger partial charge in [-0.15, -0.1) is 16.4 Å². The second-order valence-electron chi connectivity index (χ2n) is 8.80. The molecule has 0 saturated carbocycles. The lowest BCUT2D eigenvalue weighted by Gasteiger charge is -2.49. The lowest BCUT2D eigenvalue weighted by molar-refractivity contribution is -0.149. The van der Waals surface area contributed by atoms with Gasteiger partial charge < -0.3 is 19.9 Å². The summed E-state index contributed by atoms with van der Waals surface area (Å²) >= 11 is 1.31. The number of amides is 3. The van der Waals surface area contributed by atoms with Gasteiger partial charge in [-0.2, -0.15) is 4.68 Å². The zero-order valence-corrected chi connectivity index (χ0v) is 20.5. The van der Waals surface area contributed by atoms with Crippen LogP contribution in [0.4, 0.5) is 0 Å². The first-order valence-corrected chi connectivity index (χ1v) is 12.4. The number of aromatic nitrogens is 4. The van der Waals surface area contributed by atoms with Gasteiger partial charge in [0.05, 0.1) is 16.7 Å². The lowest BCUT2D eigenvalue weighted by atomic mass is 9.75. The van der Waals surface area contributed by atoms with Gasteiger partial charge in [-0.1, -0.05) is 24.3 Å². The predicted octanol–water partition coefficient (Wildman–Crippen LogP) is 1.39. The molecule has 0 aliphatic carbocycles. The van der Waals surface area contributed by atoms with Gasteiger partial charge in [-0.3, -0.25) is 14.4 Å². The molecule has 1 fully saturated rings. The summed E-state index contributed by atoms with van der Waals surface area (Å²) < 4.78 is 7.26. The van der Waals surface area contributed by atoms with E-state index in [0.717, 1.165) is 0 Å². The average Bonchev–Trinajstić information content (AvgIpc) is 3.56. The van der Waals surface area contributed by atoms with E-state index in [1.165, 1.54) is 22.3 Å². The summed E-state index contributed by atoms with van der Waals surface area (Å²) in [5, 5.41) is 15.8. The van der Waals surface area contributed by atoms with E-state index < -0.39 is 5.41 Å². The fraction of sp³-hybridized carbons (Fsp3) is 0.333. The second kappa shape index (κ2) is 9.90. The van der Waals surface area contributed by atoms with Gasteiger partial charge >= 0.3 is 0 Å². The van der Waals surface area contributed by atoms with Gasteiger partial charge in [0.2, 0.25) is 5.91 Å². The van der Waals surface area contributed by atoms with Crippen LogP contribution in [0.3, 0.4) is 0 Å². The van der Waals surface area contributed by atoms with Crippen molar-refractivity contribution in [2.75, 3.05) is 39.8 Å². The molecule has 0 bridgehead atoms. The number of fused-ring (bicyclic) bond motifs is 1. The molecule has 11 nitrogen and oxygen atoms in total. The normalized spacial score (nSPS) is 19.0. The van der Waals surface area contributed by atoms with Crippen LogP contribution in [0.2, 0.25) is 0 Å². The molecule has 2 aromatic heterocycles. The Balaban J connectivity index is 1.32. The third-order valence-corrected chi connectivity index (χ3v) is 7.28. The Morgan fingerprint density at radius 1 is 1.17 bits per heavy atom. The monoisotopic (exact) mass is 507 g/mol. The van der Waals surface area contributed by atoms with Crippen LogP contribution in [0.5, 0.6) is 5.75 Å². The summed E-state index contributed by atoms with van der Waals surface area (Å²) in [6.07, 6.45) is 5.67. The summed E-state index contributed by atoms with van der Waals surface area (Å²) in [7, 11) is 1.72. The van der Waals surface area contributed by atoms with Crippen LogP contribution in [0.25, 0.3) is 5.69 Å². The first kappa shape index (κ1) is 23.7. The molecule has 1 N–H and O–H groups in total. The van der Waals surface area contributed by atoms with Crippen molar-refractivity contribution in [3.05, 3.63) is 64.6 Å². The second-order valence-corrected chi connectivity index (χ2v) is 9.71. The summed E-state index contributed by atoms with van der Waals surface area (Å²) in [6, 6.07) is 8.86. The fourth-order valence-corrected chi connectivity index (χ4v) is 5.32. The number of likely N-dealkylation sites (tertiary alicyclic amines) is 1. The van der Waals surface area contributed by atoms with Crippen LogP contribution in [-0.2, 0) is 4.79 Å². The smallest absolute Gasteiger partial charge is 0.266 e. The van der Waals surface area contributed by atoms with E-state index in [2.05, 4.69) is 20.8 Å². The maximum absolute atomic E-state index is 13.5. The quantitative estimate of drug-likeness (QED) is 0.520. The maximum atomic E-state index is 13.5. The largest absolute Gasteiger partial charge is 0.489 e. The highest BCUT2D eigenvalue weighted by atomic mass is 32.1. The molecule has 12 heteroatoms. The van der Waals surface area contributed by atoms with E-state index in [-0.39, 0.29) is 24.3 Å². The Labute approximate surface area is 211 Å². The highest BCUT2D eigenvalue weighted by molar-refractivity contribution is 7.12. The Morgan fingerprint density at radius 3 is 2.81 bits per heavy atom. The van der Waals surface area contributed by atoms with Gasteiger partial charge in [0, 0.05) is 33.2 Å². The molecule has 3 amide bonds. The summed E-state index contributed by atoms with van der Waals surface area (Å²) in [5.74, 6) is 0.0328. The van der Waals surface area contributed by atoms with E-state index in [0.29, 0.717) is 54.5 Å². The standard InChI is InChI=1S/C24H25N7O4S/c1-29-11-10-25-21(32)17-6-2-3-7-19(17)35-12-5-4-9-24(23(29)34)14-30(15-24)22(33)20-18(8-13-36-20)31-16-26-27-28-31/h2-8,13,16H,9-12,14-15H2,1H3,(H,25,32)/b5-4+. The van der Waals surface area contributed by atoms with E-state index in [1.807, 2.05) is 23.6 Å². The minimum absolute atomic E-state index is 0.0595. The highest BCUT2D eigenvalue weighted by Gasteiger charge is 2.51. The Bertz CT molecular complexity index is 1300. The molecule has 36 heavy (non-hydrogen) atoms. The molecule has 1 spiro atoms. The van der Waals surface area contributed by atoms with Crippen LogP contribution in [-0.4, -0.2) is 87.6 Å². The number of nitrogens with one attached hydrogen (secondary N) is 1. The van der Waals surface area contributed by atoms with E-state index in [4.69, 9.17) is 4.74 Å². The molecular weight excluding hydrogens is 482 g/mol. The van der Waals surface area contributed by atoms with Crippen molar-refractivity contribution < 1.29 is 19.1 Å². The van der Waals surface area contributed by atoms with Crippen molar-refractivity contribution >= 4 is 29.1 Å². The summed E-state index contributed by atoms with van der Waals surface area (Å²) in [5.41, 5.74) is 0.328. The minimum atomic E-state index is -0.737. The van der Waals surface area contributed by atoms with Crippen LogP contribution >= 0.6 is 11.3 Å². The Kier molecular flexibility index (Phi) is 6.51. The third-order valence-electron chi connectivity index (χ3n) is 6.38. The molecule has 0 unspecified atom stereocenters.